The van der Waals surface area contributed by atoms with Gasteiger partial charge in [0.25, 0.3) is 0 Å². The Bertz CT molecular complexity index is 1070. The van der Waals surface area contributed by atoms with Crippen LogP contribution in [0.1, 0.15) is 44.6 Å². The van der Waals surface area contributed by atoms with E-state index in [4.69, 9.17) is 4.74 Å². The van der Waals surface area contributed by atoms with E-state index in [0.717, 1.165) is 23.0 Å². The van der Waals surface area contributed by atoms with E-state index in [1.54, 1.807) is 42.8 Å². The van der Waals surface area contributed by atoms with Gasteiger partial charge in [-0.15, -0.1) is 0 Å². The molecule has 0 aliphatic heterocycles. The lowest BCUT2D eigenvalue weighted by Gasteiger charge is -2.05. The van der Waals surface area contributed by atoms with Gasteiger partial charge in [0.1, 0.15) is 17.2 Å². The quantitative estimate of drug-likeness (QED) is 0.397. The molecule has 28 heavy (non-hydrogen) atoms. The van der Waals surface area contributed by atoms with Crippen molar-refractivity contribution in [3.63, 3.8) is 0 Å². The summed E-state index contributed by atoms with van der Waals surface area (Å²) < 4.78 is 6.69. The molecule has 0 aliphatic rings. The highest BCUT2D eigenvalue weighted by Gasteiger charge is 2.15. The van der Waals surface area contributed by atoms with Gasteiger partial charge in [-0.2, -0.15) is 0 Å². The molecule has 3 aromatic rings. The van der Waals surface area contributed by atoms with Crippen molar-refractivity contribution in [1.82, 2.24) is 9.55 Å². The molecule has 5 nitrogen and oxygen atoms in total. The molecular weight excluding hydrogens is 352 g/mol. The molecule has 0 N–H and O–H groups in total. The Hall–Kier alpha value is -3.65. The zero-order valence-electron chi connectivity index (χ0n) is 16.0. The minimum absolute atomic E-state index is 0.325. The number of aromatic nitrogens is 2. The van der Waals surface area contributed by atoms with Crippen LogP contribution in [0.25, 0.3) is 11.4 Å². The molecule has 3 rings (SSSR count). The Morgan fingerprint density at radius 2 is 1.79 bits per heavy atom. The molecule has 140 valence electrons. The van der Waals surface area contributed by atoms with Gasteiger partial charge in [0.15, 0.2) is 6.29 Å². The van der Waals surface area contributed by atoms with Crippen LogP contribution in [0.3, 0.4) is 0 Å². The maximum atomic E-state index is 11.8. The van der Waals surface area contributed by atoms with Gasteiger partial charge < -0.3 is 9.30 Å². The van der Waals surface area contributed by atoms with Crippen molar-refractivity contribution < 1.29 is 14.3 Å². The summed E-state index contributed by atoms with van der Waals surface area (Å²) in [6.45, 7) is 4.10. The Morgan fingerprint density at radius 1 is 1.11 bits per heavy atom. The van der Waals surface area contributed by atoms with E-state index < -0.39 is 0 Å². The summed E-state index contributed by atoms with van der Waals surface area (Å²) in [6.07, 6.45) is 0.753. The Kier molecular flexibility index (Phi) is 5.71. The van der Waals surface area contributed by atoms with E-state index in [-0.39, 0.29) is 5.97 Å². The van der Waals surface area contributed by atoms with Gasteiger partial charge in [0.2, 0.25) is 0 Å². The second-order valence-electron chi connectivity index (χ2n) is 6.26. The SMILES string of the molecule is CCOC(=O)c1ccc(-c2nc(C#Cc3ccc(C)cc3)c(C=O)n2C)cc1. The minimum atomic E-state index is -0.368. The van der Waals surface area contributed by atoms with Crippen molar-refractivity contribution in [1.29, 1.82) is 0 Å². The summed E-state index contributed by atoms with van der Waals surface area (Å²) in [5.74, 6) is 6.27. The van der Waals surface area contributed by atoms with Crippen LogP contribution in [0.2, 0.25) is 0 Å². The molecule has 0 fully saturated rings. The molecule has 1 heterocycles. The third-order valence-electron chi connectivity index (χ3n) is 4.28. The van der Waals surface area contributed by atoms with Crippen molar-refractivity contribution in [2.24, 2.45) is 7.05 Å². The Labute approximate surface area is 164 Å². The van der Waals surface area contributed by atoms with Crippen LogP contribution in [0.15, 0.2) is 48.5 Å². The number of benzene rings is 2. The van der Waals surface area contributed by atoms with E-state index in [1.165, 1.54) is 0 Å². The first kappa shape index (κ1) is 19.1. The number of imidazole rings is 1. The van der Waals surface area contributed by atoms with Crippen LogP contribution in [-0.2, 0) is 11.8 Å². The first-order chi connectivity index (χ1) is 13.5. The average Bonchev–Trinajstić information content (AvgIpc) is 3.03. The zero-order chi connectivity index (χ0) is 20.1. The predicted molar refractivity (Wildman–Crippen MR) is 107 cm³/mol. The second-order valence-corrected chi connectivity index (χ2v) is 6.26. The number of aryl methyl sites for hydroxylation is 1. The number of nitrogens with zero attached hydrogens (tertiary/aromatic N) is 2. The summed E-state index contributed by atoms with van der Waals surface area (Å²) in [4.78, 5) is 27.9. The van der Waals surface area contributed by atoms with Crippen molar-refractivity contribution in [2.45, 2.75) is 13.8 Å². The van der Waals surface area contributed by atoms with Gasteiger partial charge in [0.05, 0.1) is 12.2 Å². The second kappa shape index (κ2) is 8.36. The zero-order valence-corrected chi connectivity index (χ0v) is 16.0. The van der Waals surface area contributed by atoms with Crippen molar-refractivity contribution in [3.8, 4) is 23.2 Å². The number of carbonyl (C=O) groups is 2. The molecule has 0 saturated heterocycles. The summed E-state index contributed by atoms with van der Waals surface area (Å²) in [5, 5.41) is 0. The maximum absolute atomic E-state index is 11.8. The summed E-state index contributed by atoms with van der Waals surface area (Å²) in [6, 6.07) is 14.8. The Morgan fingerprint density at radius 3 is 2.39 bits per heavy atom. The number of aldehydes is 1. The lowest BCUT2D eigenvalue weighted by molar-refractivity contribution is 0.0526. The summed E-state index contributed by atoms with van der Waals surface area (Å²) in [7, 11) is 1.77. The fourth-order valence-corrected chi connectivity index (χ4v) is 2.73. The van der Waals surface area contributed by atoms with E-state index in [0.29, 0.717) is 29.4 Å². The molecule has 0 amide bonds. The highest BCUT2D eigenvalue weighted by atomic mass is 16.5. The van der Waals surface area contributed by atoms with Crippen molar-refractivity contribution >= 4 is 12.3 Å². The van der Waals surface area contributed by atoms with Gasteiger partial charge in [-0.25, -0.2) is 9.78 Å². The Balaban J connectivity index is 1.94. The number of carbonyl (C=O) groups excluding carboxylic acids is 2. The van der Waals surface area contributed by atoms with Crippen molar-refractivity contribution in [2.75, 3.05) is 6.61 Å². The molecule has 1 aromatic heterocycles. The first-order valence-electron chi connectivity index (χ1n) is 8.91. The monoisotopic (exact) mass is 372 g/mol. The smallest absolute Gasteiger partial charge is 0.338 e. The highest BCUT2D eigenvalue weighted by Crippen LogP contribution is 2.21. The fraction of sp³-hybridized carbons (Fsp3) is 0.174. The van der Waals surface area contributed by atoms with Gasteiger partial charge in [-0.05, 0) is 44.0 Å². The van der Waals surface area contributed by atoms with Gasteiger partial charge >= 0.3 is 5.97 Å². The molecule has 5 heteroatoms. The molecule has 0 radical (unpaired) electrons. The highest BCUT2D eigenvalue weighted by molar-refractivity contribution is 5.90. The first-order valence-corrected chi connectivity index (χ1v) is 8.91. The third kappa shape index (κ3) is 4.02. The van der Waals surface area contributed by atoms with Crippen LogP contribution < -0.4 is 0 Å². The molecule has 0 unspecified atom stereocenters. The maximum Gasteiger partial charge on any atom is 0.338 e. The lowest BCUT2D eigenvalue weighted by Crippen LogP contribution is -2.04. The molecular formula is C23H20N2O3. The summed E-state index contributed by atoms with van der Waals surface area (Å²) >= 11 is 0. The molecule has 2 aromatic carbocycles. The predicted octanol–water partition coefficient (Wildman–Crippen LogP) is 3.78. The average molecular weight is 372 g/mol. The van der Waals surface area contributed by atoms with E-state index in [2.05, 4.69) is 16.8 Å². The number of hydrogen-bond donors (Lipinski definition) is 0. The molecule has 0 atom stereocenters. The summed E-state index contributed by atoms with van der Waals surface area (Å²) in [5.41, 5.74) is 4.09. The van der Waals surface area contributed by atoms with Crippen LogP contribution in [-0.4, -0.2) is 28.4 Å². The fourth-order valence-electron chi connectivity index (χ4n) is 2.73. The molecule has 0 bridgehead atoms. The van der Waals surface area contributed by atoms with Crippen LogP contribution in [0.5, 0.6) is 0 Å². The van der Waals surface area contributed by atoms with Crippen molar-refractivity contribution in [3.05, 3.63) is 76.6 Å². The van der Waals surface area contributed by atoms with Crippen LogP contribution >= 0.6 is 0 Å². The van der Waals surface area contributed by atoms with Crippen LogP contribution in [0.4, 0.5) is 0 Å². The lowest BCUT2D eigenvalue weighted by atomic mass is 10.1. The molecule has 0 saturated carbocycles. The standard InChI is InChI=1S/C23H20N2O3/c1-4-28-23(27)19-12-10-18(11-13-19)22-24-20(21(15-26)25(22)3)14-9-17-7-5-16(2)6-8-17/h5-8,10-13,15H,4H2,1-3H3. The number of hydrogen-bond acceptors (Lipinski definition) is 4. The van der Waals surface area contributed by atoms with E-state index in [1.807, 2.05) is 31.2 Å². The van der Waals surface area contributed by atoms with Gasteiger partial charge in [0, 0.05) is 18.2 Å². The number of rotatable bonds is 4. The largest absolute Gasteiger partial charge is 0.462 e. The minimum Gasteiger partial charge on any atom is -0.462 e. The molecule has 0 spiro atoms. The number of ether oxygens (including phenoxy) is 1. The van der Waals surface area contributed by atoms with Gasteiger partial charge in [-0.1, -0.05) is 35.7 Å². The normalized spacial score (nSPS) is 10.1. The van der Waals surface area contributed by atoms with E-state index in [9.17, 15) is 9.59 Å². The van der Waals surface area contributed by atoms with E-state index >= 15 is 0 Å². The number of esters is 1. The van der Waals surface area contributed by atoms with Crippen LogP contribution in [0, 0.1) is 18.8 Å². The molecule has 0 aliphatic carbocycles. The third-order valence-corrected chi connectivity index (χ3v) is 4.28. The topological polar surface area (TPSA) is 61.2 Å². The van der Waals surface area contributed by atoms with Gasteiger partial charge in [-0.3, -0.25) is 4.79 Å².